The van der Waals surface area contributed by atoms with Crippen LogP contribution >= 0.6 is 23.2 Å². The van der Waals surface area contributed by atoms with Gasteiger partial charge in [0.25, 0.3) is 0 Å². The van der Waals surface area contributed by atoms with Gasteiger partial charge in [0.15, 0.2) is 17.2 Å². The van der Waals surface area contributed by atoms with Crippen LogP contribution < -0.4 is 5.46 Å². The molecule has 3 aromatic rings. The van der Waals surface area contributed by atoms with Gasteiger partial charge in [-0.15, -0.1) is 0 Å². The summed E-state index contributed by atoms with van der Waals surface area (Å²) in [4.78, 5) is 18.8. The van der Waals surface area contributed by atoms with Crippen molar-refractivity contribution in [2.24, 2.45) is 5.16 Å². The number of halogens is 3. The first-order valence-electron chi connectivity index (χ1n) is 12.4. The molecule has 0 spiro atoms. The van der Waals surface area contributed by atoms with E-state index in [4.69, 9.17) is 32.7 Å². The molecule has 196 valence electrons. The molecular weight excluding hydrogens is 527 g/mol. The normalized spacial score (nSPS) is 19.8. The van der Waals surface area contributed by atoms with Gasteiger partial charge in [0.2, 0.25) is 0 Å². The lowest BCUT2D eigenvalue weighted by molar-refractivity contribution is -0.00742. The minimum absolute atomic E-state index is 0.0511. The fourth-order valence-electron chi connectivity index (χ4n) is 5.16. The highest BCUT2D eigenvalue weighted by molar-refractivity contribution is 6.61. The van der Waals surface area contributed by atoms with Crippen LogP contribution in [-0.4, -0.2) is 23.6 Å². The molecule has 5 rings (SSSR count). The van der Waals surface area contributed by atoms with Crippen molar-refractivity contribution in [3.05, 3.63) is 97.8 Å². The van der Waals surface area contributed by atoms with Crippen molar-refractivity contribution in [1.29, 1.82) is 0 Å². The Morgan fingerprint density at radius 3 is 2.50 bits per heavy atom. The van der Waals surface area contributed by atoms with Crippen molar-refractivity contribution in [3.63, 3.8) is 0 Å². The number of ketones is 1. The summed E-state index contributed by atoms with van der Waals surface area (Å²) in [6.45, 7) is 7.60. The fraction of sp³-hybridized carbons (Fsp3) is 0.310. The third-order valence-electron chi connectivity index (χ3n) is 7.40. The van der Waals surface area contributed by atoms with E-state index in [0.717, 1.165) is 33.4 Å². The second-order valence-corrected chi connectivity index (χ2v) is 11.5. The van der Waals surface area contributed by atoms with Crippen LogP contribution in [0.3, 0.4) is 0 Å². The first-order valence-corrected chi connectivity index (χ1v) is 13.2. The average molecular weight is 554 g/mol. The van der Waals surface area contributed by atoms with Gasteiger partial charge in [0, 0.05) is 24.0 Å². The second kappa shape index (κ2) is 9.80. The van der Waals surface area contributed by atoms with Crippen LogP contribution in [0, 0.1) is 12.7 Å². The minimum Gasteiger partial charge on any atom is -0.423 e. The van der Waals surface area contributed by atoms with Crippen molar-refractivity contribution in [3.8, 4) is 0 Å². The number of hydrogen-bond donors (Lipinski definition) is 1. The van der Waals surface area contributed by atoms with Gasteiger partial charge in [0.05, 0.1) is 21.4 Å². The number of carbonyl (C=O) groups excluding carboxylic acids is 1. The molecule has 38 heavy (non-hydrogen) atoms. The van der Waals surface area contributed by atoms with E-state index in [-0.39, 0.29) is 15.8 Å². The smallest absolute Gasteiger partial charge is 0.423 e. The molecule has 2 aliphatic rings. The van der Waals surface area contributed by atoms with Gasteiger partial charge in [-0.3, -0.25) is 4.79 Å². The molecule has 0 saturated heterocycles. The molecule has 3 aromatic carbocycles. The highest BCUT2D eigenvalue weighted by Gasteiger charge is 2.40. The number of benzene rings is 3. The number of nitrogens with zero attached hydrogens (tertiary/aromatic N) is 1. The van der Waals surface area contributed by atoms with Crippen LogP contribution in [0.25, 0.3) is 0 Å². The number of rotatable bonds is 6. The van der Waals surface area contributed by atoms with E-state index in [9.17, 15) is 14.2 Å². The van der Waals surface area contributed by atoms with E-state index in [1.165, 1.54) is 12.1 Å². The average Bonchev–Trinajstić information content (AvgIpc) is 3.38. The summed E-state index contributed by atoms with van der Waals surface area (Å²) < 4.78 is 19.5. The van der Waals surface area contributed by atoms with Crippen LogP contribution in [0.15, 0.2) is 53.7 Å². The molecule has 2 heterocycles. The summed E-state index contributed by atoms with van der Waals surface area (Å²) in [5, 5.41) is 14.2. The van der Waals surface area contributed by atoms with E-state index >= 15 is 0 Å². The Bertz CT molecular complexity index is 1470. The Morgan fingerprint density at radius 2 is 1.82 bits per heavy atom. The maximum atomic E-state index is 13.9. The highest BCUT2D eigenvalue weighted by Crippen LogP contribution is 2.39. The monoisotopic (exact) mass is 553 g/mol. The summed E-state index contributed by atoms with van der Waals surface area (Å²) in [5.74, 6) is -0.612. The molecule has 1 N–H and O–H groups in total. The maximum absolute atomic E-state index is 13.9. The number of fused-ring (bicyclic) bond motifs is 1. The summed E-state index contributed by atoms with van der Waals surface area (Å²) in [5.41, 5.74) is 5.05. The number of oxime groups is 1. The van der Waals surface area contributed by atoms with Crippen LogP contribution in [-0.2, 0) is 27.1 Å². The summed E-state index contributed by atoms with van der Waals surface area (Å²) in [6.07, 6.45) is 1.38. The van der Waals surface area contributed by atoms with Crippen molar-refractivity contribution >= 4 is 47.3 Å². The van der Waals surface area contributed by atoms with Crippen molar-refractivity contribution in [2.45, 2.75) is 58.2 Å². The quantitative estimate of drug-likeness (QED) is 0.222. The molecule has 0 aliphatic carbocycles. The Morgan fingerprint density at radius 1 is 1.11 bits per heavy atom. The molecule has 0 aromatic heterocycles. The molecule has 9 heteroatoms. The van der Waals surface area contributed by atoms with Crippen LogP contribution in [0.1, 0.15) is 71.8 Å². The van der Waals surface area contributed by atoms with Crippen molar-refractivity contribution < 1.29 is 23.7 Å². The molecule has 0 radical (unpaired) electrons. The fourth-order valence-corrected chi connectivity index (χ4v) is 5.65. The van der Waals surface area contributed by atoms with Crippen LogP contribution in [0.5, 0.6) is 0 Å². The SMILES string of the molecule is Cc1cc(C2=NOC(C)(c3cc(Cl)c(F)c(Cl)c3)C2)ccc1C(=O)CCc1ccc2c(c1)C(C)(C)OB2O. The first kappa shape index (κ1) is 26.9. The zero-order chi connectivity index (χ0) is 27.4. The number of aryl methyl sites for hydroxylation is 2. The Kier molecular flexibility index (Phi) is 6.93. The molecule has 1 atom stereocenters. The van der Waals surface area contributed by atoms with E-state index in [1.807, 2.05) is 64.1 Å². The van der Waals surface area contributed by atoms with Crippen molar-refractivity contribution in [2.75, 3.05) is 0 Å². The molecule has 0 amide bonds. The van der Waals surface area contributed by atoms with Gasteiger partial charge >= 0.3 is 7.12 Å². The van der Waals surface area contributed by atoms with Crippen LogP contribution in [0.4, 0.5) is 4.39 Å². The lowest BCUT2D eigenvalue weighted by atomic mass is 9.77. The Labute approximate surface area is 231 Å². The van der Waals surface area contributed by atoms with Gasteiger partial charge in [0.1, 0.15) is 0 Å². The number of hydrogen-bond acceptors (Lipinski definition) is 5. The molecule has 1 unspecified atom stereocenters. The maximum Gasteiger partial charge on any atom is 0.492 e. The second-order valence-electron chi connectivity index (χ2n) is 10.6. The molecule has 5 nitrogen and oxygen atoms in total. The largest absolute Gasteiger partial charge is 0.492 e. The first-order chi connectivity index (χ1) is 17.9. The third-order valence-corrected chi connectivity index (χ3v) is 7.95. The zero-order valence-electron chi connectivity index (χ0n) is 21.6. The summed E-state index contributed by atoms with van der Waals surface area (Å²) in [7, 11) is -0.920. The number of carbonyl (C=O) groups is 1. The standard InChI is InChI=1S/C29H27BCl2FNO4/c1-16-11-18(25-15-29(4,38-34-25)19-13-23(31)27(33)24(32)14-19)7-8-20(16)26(35)10-6-17-5-9-22-21(12-17)28(2,3)37-30(22)36/h5,7-9,11-14,36H,6,10,15H2,1-4H3. The molecular formula is C29H27BCl2FNO4. The minimum atomic E-state index is -0.920. The van der Waals surface area contributed by atoms with Crippen molar-refractivity contribution in [1.82, 2.24) is 0 Å². The van der Waals surface area contributed by atoms with Gasteiger partial charge in [-0.25, -0.2) is 4.39 Å². The Balaban J connectivity index is 1.27. The molecule has 2 aliphatic heterocycles. The van der Waals surface area contributed by atoms with Crippen LogP contribution in [0.2, 0.25) is 10.0 Å². The third kappa shape index (κ3) is 4.89. The summed E-state index contributed by atoms with van der Waals surface area (Å²) in [6, 6.07) is 14.5. The lowest BCUT2D eigenvalue weighted by Crippen LogP contribution is -2.28. The number of Topliss-reactive ketones (excluding diaryl/α,β-unsaturated/α-hetero) is 1. The molecule has 0 bridgehead atoms. The van der Waals surface area contributed by atoms with Gasteiger partial charge in [-0.1, -0.05) is 58.7 Å². The topological polar surface area (TPSA) is 68.1 Å². The van der Waals surface area contributed by atoms with E-state index in [0.29, 0.717) is 30.4 Å². The zero-order valence-corrected chi connectivity index (χ0v) is 23.1. The van der Waals surface area contributed by atoms with E-state index in [2.05, 4.69) is 5.16 Å². The summed E-state index contributed by atoms with van der Waals surface area (Å²) >= 11 is 12.0. The predicted octanol–water partition coefficient (Wildman–Crippen LogP) is 6.25. The lowest BCUT2D eigenvalue weighted by Gasteiger charge is -2.22. The molecule has 0 saturated carbocycles. The van der Waals surface area contributed by atoms with E-state index in [1.54, 1.807) is 0 Å². The van der Waals surface area contributed by atoms with E-state index < -0.39 is 24.1 Å². The van der Waals surface area contributed by atoms with Gasteiger partial charge in [-0.2, -0.15) is 0 Å². The van der Waals surface area contributed by atoms with Gasteiger partial charge < -0.3 is 14.5 Å². The Hall–Kier alpha value is -2.71. The highest BCUT2D eigenvalue weighted by atomic mass is 35.5. The predicted molar refractivity (Wildman–Crippen MR) is 148 cm³/mol. The van der Waals surface area contributed by atoms with Gasteiger partial charge in [-0.05, 0) is 80.0 Å². The molecule has 0 fully saturated rings.